The first-order valence-electron chi connectivity index (χ1n) is 5.33. The van der Waals surface area contributed by atoms with Crippen molar-refractivity contribution in [3.05, 3.63) is 11.6 Å². The molecular formula is C12H18O4. The summed E-state index contributed by atoms with van der Waals surface area (Å²) in [5, 5.41) is 0. The first-order valence-corrected chi connectivity index (χ1v) is 5.33. The van der Waals surface area contributed by atoms with Gasteiger partial charge in [-0.15, -0.1) is 0 Å². The van der Waals surface area contributed by atoms with E-state index in [1.165, 1.54) is 14.2 Å². The van der Waals surface area contributed by atoms with Crippen molar-refractivity contribution in [2.24, 2.45) is 11.3 Å². The van der Waals surface area contributed by atoms with Crippen molar-refractivity contribution in [1.82, 2.24) is 0 Å². The fourth-order valence-corrected chi connectivity index (χ4v) is 2.42. The Morgan fingerprint density at radius 1 is 1.31 bits per heavy atom. The zero-order chi connectivity index (χ0) is 12.3. The highest BCUT2D eigenvalue weighted by Gasteiger charge is 2.54. The maximum Gasteiger partial charge on any atom is 0.323 e. The van der Waals surface area contributed by atoms with E-state index in [0.29, 0.717) is 12.8 Å². The van der Waals surface area contributed by atoms with Gasteiger partial charge in [0.2, 0.25) is 0 Å². The number of esters is 2. The molecular weight excluding hydrogens is 208 g/mol. The van der Waals surface area contributed by atoms with Crippen LogP contribution in [-0.2, 0) is 19.1 Å². The molecule has 90 valence electrons. The Kier molecular flexibility index (Phi) is 3.73. The first-order chi connectivity index (χ1) is 7.51. The molecule has 0 aliphatic heterocycles. The molecule has 1 rings (SSSR count). The second-order valence-corrected chi connectivity index (χ2v) is 4.21. The molecule has 1 aliphatic carbocycles. The maximum absolute atomic E-state index is 11.8. The van der Waals surface area contributed by atoms with E-state index < -0.39 is 17.4 Å². The van der Waals surface area contributed by atoms with Crippen LogP contribution in [-0.4, -0.2) is 26.2 Å². The van der Waals surface area contributed by atoms with Crippen LogP contribution in [0, 0.1) is 11.3 Å². The molecule has 0 radical (unpaired) electrons. The summed E-state index contributed by atoms with van der Waals surface area (Å²) in [5.41, 5.74) is -0.0269. The molecule has 0 aromatic carbocycles. The summed E-state index contributed by atoms with van der Waals surface area (Å²) in [5.74, 6) is -0.783. The third kappa shape index (κ3) is 1.84. The van der Waals surface area contributed by atoms with E-state index >= 15 is 0 Å². The summed E-state index contributed by atoms with van der Waals surface area (Å²) in [6.07, 6.45) is 2.83. The van der Waals surface area contributed by atoms with Gasteiger partial charge in [-0.2, -0.15) is 0 Å². The van der Waals surface area contributed by atoms with Gasteiger partial charge in [0, 0.05) is 0 Å². The molecule has 0 spiro atoms. The van der Waals surface area contributed by atoms with Gasteiger partial charge in [-0.1, -0.05) is 18.6 Å². The molecule has 1 unspecified atom stereocenters. The maximum atomic E-state index is 11.8. The zero-order valence-corrected chi connectivity index (χ0v) is 10.2. The number of ether oxygens (including phenoxy) is 2. The van der Waals surface area contributed by atoms with Crippen LogP contribution in [0.4, 0.5) is 0 Å². The smallest absolute Gasteiger partial charge is 0.323 e. The minimum Gasteiger partial charge on any atom is -0.468 e. The number of hydrogen-bond acceptors (Lipinski definition) is 4. The molecule has 0 aromatic heterocycles. The standard InChI is InChI=1S/C12H18O4/c1-5-9-7-12(6-8(9)2,10(13)15-3)11(14)16-4/h5,8H,6-7H2,1-4H3/b9-5+. The predicted molar refractivity (Wildman–Crippen MR) is 58.6 cm³/mol. The van der Waals surface area contributed by atoms with E-state index in [9.17, 15) is 9.59 Å². The molecule has 1 saturated carbocycles. The summed E-state index contributed by atoms with van der Waals surface area (Å²) in [4.78, 5) is 23.6. The van der Waals surface area contributed by atoms with Gasteiger partial charge in [0.1, 0.15) is 0 Å². The van der Waals surface area contributed by atoms with Crippen molar-refractivity contribution in [3.8, 4) is 0 Å². The molecule has 1 aliphatic rings. The molecule has 0 amide bonds. The van der Waals surface area contributed by atoms with Crippen molar-refractivity contribution in [3.63, 3.8) is 0 Å². The van der Waals surface area contributed by atoms with Crippen LogP contribution in [0.1, 0.15) is 26.7 Å². The van der Waals surface area contributed by atoms with Crippen LogP contribution in [0.25, 0.3) is 0 Å². The molecule has 0 heterocycles. The summed E-state index contributed by atoms with van der Waals surface area (Å²) < 4.78 is 9.47. The molecule has 0 N–H and O–H groups in total. The summed E-state index contributed by atoms with van der Waals surface area (Å²) in [7, 11) is 2.59. The second kappa shape index (κ2) is 4.68. The molecule has 1 atom stereocenters. The van der Waals surface area contributed by atoms with E-state index in [-0.39, 0.29) is 5.92 Å². The van der Waals surface area contributed by atoms with Crippen LogP contribution in [0.5, 0.6) is 0 Å². The lowest BCUT2D eigenvalue weighted by molar-refractivity contribution is -0.168. The van der Waals surface area contributed by atoms with Gasteiger partial charge in [0.25, 0.3) is 0 Å². The highest BCUT2D eigenvalue weighted by atomic mass is 16.5. The molecule has 4 heteroatoms. The number of rotatable bonds is 2. The summed E-state index contributed by atoms with van der Waals surface area (Å²) >= 11 is 0. The van der Waals surface area contributed by atoms with Gasteiger partial charge in [0.15, 0.2) is 5.41 Å². The van der Waals surface area contributed by atoms with E-state index in [4.69, 9.17) is 9.47 Å². The van der Waals surface area contributed by atoms with Gasteiger partial charge in [-0.25, -0.2) is 0 Å². The van der Waals surface area contributed by atoms with E-state index in [1.54, 1.807) is 0 Å². The van der Waals surface area contributed by atoms with Crippen LogP contribution in [0.2, 0.25) is 0 Å². The molecule has 1 fully saturated rings. The highest BCUT2D eigenvalue weighted by molar-refractivity contribution is 6.01. The number of carbonyl (C=O) groups is 2. The van der Waals surface area contributed by atoms with E-state index in [0.717, 1.165) is 5.57 Å². The lowest BCUT2D eigenvalue weighted by Crippen LogP contribution is -2.39. The van der Waals surface area contributed by atoms with E-state index in [2.05, 4.69) is 0 Å². The van der Waals surface area contributed by atoms with Crippen molar-refractivity contribution < 1.29 is 19.1 Å². The van der Waals surface area contributed by atoms with Gasteiger partial charge in [0.05, 0.1) is 14.2 Å². The third-order valence-corrected chi connectivity index (χ3v) is 3.32. The van der Waals surface area contributed by atoms with Gasteiger partial charge in [-0.3, -0.25) is 9.59 Å². The average Bonchev–Trinajstić information content (AvgIpc) is 2.65. The Morgan fingerprint density at radius 3 is 2.12 bits per heavy atom. The summed E-state index contributed by atoms with van der Waals surface area (Å²) in [6, 6.07) is 0. The predicted octanol–water partition coefficient (Wildman–Crippen LogP) is 1.70. The molecule has 16 heavy (non-hydrogen) atoms. The number of hydrogen-bond donors (Lipinski definition) is 0. The van der Waals surface area contributed by atoms with Gasteiger partial charge in [-0.05, 0) is 25.7 Å². The van der Waals surface area contributed by atoms with Crippen LogP contribution in [0.15, 0.2) is 11.6 Å². The van der Waals surface area contributed by atoms with Crippen molar-refractivity contribution in [1.29, 1.82) is 0 Å². The lowest BCUT2D eigenvalue weighted by atomic mass is 9.85. The van der Waals surface area contributed by atoms with Gasteiger partial charge >= 0.3 is 11.9 Å². The SMILES string of the molecule is C/C=C1\CC(C(=O)OC)(C(=O)OC)CC1C. The quantitative estimate of drug-likeness (QED) is 0.408. The third-order valence-electron chi connectivity index (χ3n) is 3.32. The normalized spacial score (nSPS) is 25.5. The molecule has 0 aromatic rings. The average molecular weight is 226 g/mol. The molecule has 4 nitrogen and oxygen atoms in total. The Labute approximate surface area is 95.6 Å². The topological polar surface area (TPSA) is 52.6 Å². The fraction of sp³-hybridized carbons (Fsp3) is 0.667. The van der Waals surface area contributed by atoms with Crippen LogP contribution >= 0.6 is 0 Å². The fourth-order valence-electron chi connectivity index (χ4n) is 2.42. The minimum atomic E-state index is -1.13. The van der Waals surface area contributed by atoms with Gasteiger partial charge < -0.3 is 9.47 Å². The van der Waals surface area contributed by atoms with Crippen molar-refractivity contribution in [2.45, 2.75) is 26.7 Å². The second-order valence-electron chi connectivity index (χ2n) is 4.21. The molecule has 0 bridgehead atoms. The van der Waals surface area contributed by atoms with Crippen molar-refractivity contribution >= 4 is 11.9 Å². The Hall–Kier alpha value is -1.32. The van der Waals surface area contributed by atoms with Crippen LogP contribution in [0.3, 0.4) is 0 Å². The monoisotopic (exact) mass is 226 g/mol. The summed E-state index contributed by atoms with van der Waals surface area (Å²) in [6.45, 7) is 3.92. The Balaban J connectivity index is 3.09. The lowest BCUT2D eigenvalue weighted by Gasteiger charge is -2.22. The highest BCUT2D eigenvalue weighted by Crippen LogP contribution is 2.46. The van der Waals surface area contributed by atoms with Crippen LogP contribution < -0.4 is 0 Å². The first kappa shape index (κ1) is 12.7. The minimum absolute atomic E-state index is 0.211. The molecule has 0 saturated heterocycles. The zero-order valence-electron chi connectivity index (χ0n) is 10.2. The van der Waals surface area contributed by atoms with E-state index in [1.807, 2.05) is 19.9 Å². The number of methoxy groups -OCH3 is 2. The van der Waals surface area contributed by atoms with Crippen molar-refractivity contribution in [2.75, 3.05) is 14.2 Å². The number of carbonyl (C=O) groups excluding carboxylic acids is 2. The Morgan fingerprint density at radius 2 is 1.81 bits per heavy atom. The number of allylic oxidation sites excluding steroid dienone is 2. The Bertz CT molecular complexity index is 314. The largest absolute Gasteiger partial charge is 0.468 e.